The highest BCUT2D eigenvalue weighted by atomic mass is 35.5. The van der Waals surface area contributed by atoms with Crippen LogP contribution in [-0.2, 0) is 6.54 Å². The van der Waals surface area contributed by atoms with Crippen molar-refractivity contribution in [1.29, 1.82) is 0 Å². The molecule has 0 aromatic heterocycles. The Morgan fingerprint density at radius 1 is 0.593 bits per heavy atom. The van der Waals surface area contributed by atoms with Gasteiger partial charge in [-0.2, -0.15) is 0 Å². The molecule has 0 radical (unpaired) electrons. The van der Waals surface area contributed by atoms with Crippen LogP contribution in [0.2, 0.25) is 0 Å². The summed E-state index contributed by atoms with van der Waals surface area (Å²) in [6.07, 6.45) is 20.2. The van der Waals surface area contributed by atoms with Crippen LogP contribution in [0.15, 0.2) is 30.3 Å². The van der Waals surface area contributed by atoms with E-state index in [1.54, 1.807) is 0 Å². The predicted molar refractivity (Wildman–Crippen MR) is 120 cm³/mol. The van der Waals surface area contributed by atoms with Gasteiger partial charge in [-0.25, -0.2) is 0 Å². The minimum Gasteiger partial charge on any atom is -0.325 e. The molecule has 0 spiro atoms. The maximum atomic E-state index is 2.37. The van der Waals surface area contributed by atoms with Gasteiger partial charge in [0, 0.05) is 5.56 Å². The molecule has 0 heterocycles. The Balaban J connectivity index is 0.00000676. The van der Waals surface area contributed by atoms with E-state index in [1.807, 2.05) is 0 Å². The van der Waals surface area contributed by atoms with E-state index >= 15 is 0 Å². The van der Waals surface area contributed by atoms with Gasteiger partial charge >= 0.3 is 0 Å². The van der Waals surface area contributed by atoms with E-state index in [-0.39, 0.29) is 12.4 Å². The van der Waals surface area contributed by atoms with Crippen molar-refractivity contribution in [2.24, 2.45) is 0 Å². The zero-order valence-corrected chi connectivity index (χ0v) is 19.5. The lowest BCUT2D eigenvalue weighted by atomic mass is 10.0. The summed E-state index contributed by atoms with van der Waals surface area (Å²) in [5.41, 5.74) is 1.46. The largest absolute Gasteiger partial charge is 0.325 e. The molecule has 0 unspecified atom stereocenters. The fraction of sp³-hybridized carbons (Fsp3) is 0.760. The van der Waals surface area contributed by atoms with Crippen LogP contribution in [-0.4, -0.2) is 25.1 Å². The molecule has 1 aromatic carbocycles. The zero-order chi connectivity index (χ0) is 18.9. The van der Waals surface area contributed by atoms with Gasteiger partial charge in [-0.15, -0.1) is 0 Å². The van der Waals surface area contributed by atoms with Crippen molar-refractivity contribution in [2.45, 2.75) is 103 Å². The standard InChI is InChI=1S/C25H46N.ClH2/c1-4-5-6-7-8-9-10-11-12-13-14-15-16-20-23-26(2,3)24-25-21-18-17-19-22-25;/h17-19,21-22H,4-16,20,23-24H2,1-3H3;1H2/q2*+1. The van der Waals surface area contributed by atoms with E-state index in [0.29, 0.717) is 0 Å². The molecule has 1 rings (SSSR count). The van der Waals surface area contributed by atoms with Crippen molar-refractivity contribution in [3.8, 4) is 0 Å². The number of quaternary nitrogens is 1. The molecule has 0 atom stereocenters. The highest BCUT2D eigenvalue weighted by Crippen LogP contribution is 2.14. The molecular formula is C25H48ClN+2. The minimum atomic E-state index is 0. The third-order valence-electron chi connectivity index (χ3n) is 5.57. The number of hydrogen-bond acceptors (Lipinski definition) is 0. The van der Waals surface area contributed by atoms with Gasteiger partial charge in [-0.3, -0.25) is 0 Å². The van der Waals surface area contributed by atoms with Crippen LogP contribution in [0.1, 0.15) is 102 Å². The van der Waals surface area contributed by atoms with Crippen LogP contribution in [0.25, 0.3) is 0 Å². The average molecular weight is 398 g/mol. The van der Waals surface area contributed by atoms with Crippen molar-refractivity contribution in [1.82, 2.24) is 0 Å². The number of nitrogens with zero attached hydrogens (tertiary/aromatic N) is 1. The molecule has 0 N–H and O–H groups in total. The summed E-state index contributed by atoms with van der Waals surface area (Å²) in [6.45, 7) is 4.75. The van der Waals surface area contributed by atoms with Crippen molar-refractivity contribution in [3.05, 3.63) is 35.9 Å². The quantitative estimate of drug-likeness (QED) is 0.192. The highest BCUT2D eigenvalue weighted by Gasteiger charge is 2.14. The second-order valence-electron chi connectivity index (χ2n) is 8.90. The SMILES string of the molecule is CCCCCCCCCCCCCCCC[N+](C)(C)Cc1ccccc1.[ClH2+]. The Hall–Kier alpha value is -0.530. The van der Waals surface area contributed by atoms with Crippen molar-refractivity contribution >= 4 is 0 Å². The Labute approximate surface area is 176 Å². The van der Waals surface area contributed by atoms with E-state index < -0.39 is 0 Å². The van der Waals surface area contributed by atoms with Crippen LogP contribution >= 0.6 is 0 Å². The Morgan fingerprint density at radius 2 is 1.00 bits per heavy atom. The molecule has 0 fully saturated rings. The third kappa shape index (κ3) is 16.2. The fourth-order valence-corrected chi connectivity index (χ4v) is 3.89. The summed E-state index contributed by atoms with van der Waals surface area (Å²) < 4.78 is 1.11. The average Bonchev–Trinajstić information content (AvgIpc) is 2.62. The van der Waals surface area contributed by atoms with Crippen molar-refractivity contribution < 1.29 is 16.9 Å². The summed E-state index contributed by atoms with van der Waals surface area (Å²) in [4.78, 5) is 0. The maximum Gasteiger partial charge on any atom is 0.104 e. The van der Waals surface area contributed by atoms with E-state index in [9.17, 15) is 0 Å². The number of benzene rings is 1. The first-order chi connectivity index (χ1) is 12.6. The van der Waals surface area contributed by atoms with Crippen molar-refractivity contribution in [2.75, 3.05) is 20.6 Å². The van der Waals surface area contributed by atoms with Crippen LogP contribution in [0.4, 0.5) is 0 Å². The third-order valence-corrected chi connectivity index (χ3v) is 5.57. The van der Waals surface area contributed by atoms with Gasteiger partial charge in [0.25, 0.3) is 0 Å². The summed E-state index contributed by atoms with van der Waals surface area (Å²) in [7, 11) is 4.74. The smallest absolute Gasteiger partial charge is 0.104 e. The molecule has 0 amide bonds. The summed E-state index contributed by atoms with van der Waals surface area (Å²) in [5, 5.41) is 0. The van der Waals surface area contributed by atoms with Gasteiger partial charge in [0.15, 0.2) is 0 Å². The Bertz CT molecular complexity index is 416. The lowest BCUT2D eigenvalue weighted by Crippen LogP contribution is -2.39. The monoisotopic (exact) mass is 397 g/mol. The number of halogens is 1. The number of unbranched alkanes of at least 4 members (excludes halogenated alkanes) is 13. The van der Waals surface area contributed by atoms with Crippen LogP contribution in [0.3, 0.4) is 0 Å². The van der Waals surface area contributed by atoms with Gasteiger partial charge in [0.2, 0.25) is 0 Å². The van der Waals surface area contributed by atoms with Crippen LogP contribution in [0, 0.1) is 12.4 Å². The normalized spacial score (nSPS) is 11.4. The molecule has 0 bridgehead atoms. The molecule has 2 heteroatoms. The first-order valence-corrected chi connectivity index (χ1v) is 11.5. The van der Waals surface area contributed by atoms with E-state index in [2.05, 4.69) is 51.4 Å². The number of hydrogen-bond donors (Lipinski definition) is 0. The zero-order valence-electron chi connectivity index (χ0n) is 18.6. The summed E-state index contributed by atoms with van der Waals surface area (Å²) >= 11 is 0. The first-order valence-electron chi connectivity index (χ1n) is 11.5. The van der Waals surface area contributed by atoms with Gasteiger partial charge in [-0.1, -0.05) is 114 Å². The van der Waals surface area contributed by atoms with E-state index in [1.165, 1.54) is 102 Å². The summed E-state index contributed by atoms with van der Waals surface area (Å²) in [6, 6.07) is 10.9. The summed E-state index contributed by atoms with van der Waals surface area (Å²) in [5.74, 6) is 0. The Kier molecular flexibility index (Phi) is 17.2. The maximum absolute atomic E-state index is 2.37. The molecule has 0 saturated heterocycles. The Morgan fingerprint density at radius 3 is 1.44 bits per heavy atom. The van der Waals surface area contributed by atoms with Crippen LogP contribution in [0.5, 0.6) is 0 Å². The molecule has 0 aliphatic carbocycles. The fourth-order valence-electron chi connectivity index (χ4n) is 3.89. The van der Waals surface area contributed by atoms with Gasteiger partial charge < -0.3 is 4.48 Å². The second kappa shape index (κ2) is 17.6. The first kappa shape index (κ1) is 26.5. The molecule has 0 saturated carbocycles. The van der Waals surface area contributed by atoms with Gasteiger partial charge in [0.1, 0.15) is 6.54 Å². The second-order valence-corrected chi connectivity index (χ2v) is 8.90. The molecule has 1 nitrogen and oxygen atoms in total. The minimum absolute atomic E-state index is 0. The lowest BCUT2D eigenvalue weighted by Gasteiger charge is -2.30. The molecule has 0 aliphatic heterocycles. The van der Waals surface area contributed by atoms with Gasteiger partial charge in [0.05, 0.1) is 33.0 Å². The van der Waals surface area contributed by atoms with Crippen molar-refractivity contribution in [3.63, 3.8) is 0 Å². The lowest BCUT2D eigenvalue weighted by molar-refractivity contribution is -0.903. The highest BCUT2D eigenvalue weighted by molar-refractivity contribution is 5.13. The molecular weight excluding hydrogens is 350 g/mol. The molecule has 1 aromatic rings. The topological polar surface area (TPSA) is 0 Å². The molecule has 158 valence electrons. The van der Waals surface area contributed by atoms with Crippen LogP contribution < -0.4 is 0 Å². The molecule has 27 heavy (non-hydrogen) atoms. The number of rotatable bonds is 17. The van der Waals surface area contributed by atoms with Gasteiger partial charge in [-0.05, 0) is 12.8 Å². The van der Waals surface area contributed by atoms with E-state index in [4.69, 9.17) is 0 Å². The predicted octanol–water partition coefficient (Wildman–Crippen LogP) is 7.21. The van der Waals surface area contributed by atoms with E-state index in [0.717, 1.165) is 11.0 Å². The molecule has 0 aliphatic rings.